The molecule has 1 aliphatic carbocycles. The average molecular weight is 352 g/mol. The molecule has 1 aromatic carbocycles. The van der Waals surface area contributed by atoms with E-state index in [2.05, 4.69) is 28.0 Å². The smallest absolute Gasteiger partial charge is 0.310 e. The molecular formula is C21H24N2O3. The molecule has 1 aromatic rings. The van der Waals surface area contributed by atoms with Gasteiger partial charge in [0.2, 0.25) is 0 Å². The SMILES string of the molecule is CC=C1CN2CC[C@]34c5ccccc5N(C)[C@]23C(=O)C[C@H]1[C@H]4C(=O)OC. The fourth-order valence-electron chi connectivity index (χ4n) is 6.71. The number of methoxy groups -OCH3 is 1. The Morgan fingerprint density at radius 1 is 1.35 bits per heavy atom. The van der Waals surface area contributed by atoms with Crippen LogP contribution in [-0.2, 0) is 19.7 Å². The van der Waals surface area contributed by atoms with Crippen molar-refractivity contribution in [1.82, 2.24) is 4.90 Å². The fourth-order valence-corrected chi connectivity index (χ4v) is 6.71. The number of para-hydroxylation sites is 1. The molecule has 26 heavy (non-hydrogen) atoms. The molecule has 1 saturated carbocycles. The Hall–Kier alpha value is -2.14. The zero-order valence-corrected chi connectivity index (χ0v) is 15.5. The predicted molar refractivity (Wildman–Crippen MR) is 97.8 cm³/mol. The highest BCUT2D eigenvalue weighted by Gasteiger charge is 2.79. The maximum atomic E-state index is 13.7. The van der Waals surface area contributed by atoms with Crippen molar-refractivity contribution in [1.29, 1.82) is 0 Å². The number of ketones is 1. The summed E-state index contributed by atoms with van der Waals surface area (Å²) in [7, 11) is 3.49. The van der Waals surface area contributed by atoms with Gasteiger partial charge in [0.15, 0.2) is 11.4 Å². The maximum Gasteiger partial charge on any atom is 0.310 e. The van der Waals surface area contributed by atoms with Crippen LogP contribution in [0.15, 0.2) is 35.9 Å². The third kappa shape index (κ3) is 1.42. The van der Waals surface area contributed by atoms with Crippen LogP contribution < -0.4 is 4.90 Å². The fraction of sp³-hybridized carbons (Fsp3) is 0.524. The molecule has 5 nitrogen and oxygen atoms in total. The van der Waals surface area contributed by atoms with E-state index in [9.17, 15) is 9.59 Å². The molecular weight excluding hydrogens is 328 g/mol. The van der Waals surface area contributed by atoms with Crippen LogP contribution in [0.4, 0.5) is 5.69 Å². The molecule has 0 radical (unpaired) electrons. The monoisotopic (exact) mass is 352 g/mol. The van der Waals surface area contributed by atoms with Gasteiger partial charge in [0.1, 0.15) is 0 Å². The van der Waals surface area contributed by atoms with Gasteiger partial charge in [0.25, 0.3) is 0 Å². The molecule has 136 valence electrons. The van der Waals surface area contributed by atoms with Crippen molar-refractivity contribution in [3.05, 3.63) is 41.5 Å². The molecule has 1 unspecified atom stereocenters. The van der Waals surface area contributed by atoms with Crippen LogP contribution in [0.2, 0.25) is 0 Å². The molecule has 0 aromatic heterocycles. The number of ether oxygens (including phenoxy) is 1. The second kappa shape index (κ2) is 4.97. The zero-order chi connectivity index (χ0) is 18.3. The predicted octanol–water partition coefficient (Wildman–Crippen LogP) is 2.11. The molecule has 4 heterocycles. The Balaban J connectivity index is 1.90. The van der Waals surface area contributed by atoms with Gasteiger partial charge < -0.3 is 9.64 Å². The maximum absolute atomic E-state index is 13.7. The first-order chi connectivity index (χ1) is 12.5. The van der Waals surface area contributed by atoms with Crippen molar-refractivity contribution >= 4 is 17.4 Å². The summed E-state index contributed by atoms with van der Waals surface area (Å²) in [4.78, 5) is 31.3. The van der Waals surface area contributed by atoms with Crippen molar-refractivity contribution in [3.63, 3.8) is 0 Å². The van der Waals surface area contributed by atoms with Gasteiger partial charge in [0, 0.05) is 38.2 Å². The van der Waals surface area contributed by atoms with Gasteiger partial charge in [-0.2, -0.15) is 0 Å². The van der Waals surface area contributed by atoms with Crippen molar-refractivity contribution in [2.75, 3.05) is 32.1 Å². The van der Waals surface area contributed by atoms with Crippen molar-refractivity contribution in [2.24, 2.45) is 11.8 Å². The topological polar surface area (TPSA) is 49.9 Å². The second-order valence-corrected chi connectivity index (χ2v) is 7.99. The van der Waals surface area contributed by atoms with Gasteiger partial charge in [-0.1, -0.05) is 29.8 Å². The number of allylic oxidation sites excluding steroid dienone is 1. The van der Waals surface area contributed by atoms with E-state index in [0.29, 0.717) is 6.42 Å². The van der Waals surface area contributed by atoms with Gasteiger partial charge in [-0.15, -0.1) is 0 Å². The highest BCUT2D eigenvalue weighted by molar-refractivity contribution is 6.02. The molecule has 4 aliphatic heterocycles. The van der Waals surface area contributed by atoms with Crippen LogP contribution >= 0.6 is 0 Å². The number of hydrogen-bond donors (Lipinski definition) is 0. The second-order valence-electron chi connectivity index (χ2n) is 7.99. The minimum atomic E-state index is -0.767. The van der Waals surface area contributed by atoms with Gasteiger partial charge in [-0.25, -0.2) is 0 Å². The summed E-state index contributed by atoms with van der Waals surface area (Å²) in [6.45, 7) is 3.59. The summed E-state index contributed by atoms with van der Waals surface area (Å²) in [5, 5.41) is 0. The van der Waals surface area contributed by atoms with Gasteiger partial charge in [-0.3, -0.25) is 14.5 Å². The summed E-state index contributed by atoms with van der Waals surface area (Å²) in [5.74, 6) is -0.330. The quantitative estimate of drug-likeness (QED) is 0.572. The van der Waals surface area contributed by atoms with E-state index in [1.54, 1.807) is 0 Å². The van der Waals surface area contributed by atoms with E-state index in [1.807, 2.05) is 26.1 Å². The van der Waals surface area contributed by atoms with E-state index in [1.165, 1.54) is 12.7 Å². The Labute approximate surface area is 153 Å². The number of rotatable bonds is 1. The number of carbonyl (C=O) groups excluding carboxylic acids is 2. The lowest BCUT2D eigenvalue weighted by molar-refractivity contribution is -0.157. The molecule has 4 fully saturated rings. The molecule has 5 aliphatic rings. The largest absolute Gasteiger partial charge is 0.469 e. The van der Waals surface area contributed by atoms with Crippen molar-refractivity contribution in [3.8, 4) is 0 Å². The number of nitrogens with zero attached hydrogens (tertiary/aromatic N) is 2. The Kier molecular flexibility index (Phi) is 3.07. The van der Waals surface area contributed by atoms with Gasteiger partial charge >= 0.3 is 5.97 Å². The highest BCUT2D eigenvalue weighted by atomic mass is 16.5. The summed E-state index contributed by atoms with van der Waals surface area (Å²) in [6.07, 6.45) is 3.33. The first kappa shape index (κ1) is 16.1. The van der Waals surface area contributed by atoms with E-state index < -0.39 is 11.1 Å². The lowest BCUT2D eigenvalue weighted by atomic mass is 9.54. The van der Waals surface area contributed by atoms with E-state index in [-0.39, 0.29) is 23.6 Å². The molecule has 6 rings (SSSR count). The number of hydrogen-bond acceptors (Lipinski definition) is 5. The van der Waals surface area contributed by atoms with Crippen LogP contribution in [-0.4, -0.2) is 49.6 Å². The Bertz CT molecular complexity index is 863. The van der Waals surface area contributed by atoms with Gasteiger partial charge in [0.05, 0.1) is 18.4 Å². The number of anilines is 1. The van der Waals surface area contributed by atoms with E-state index >= 15 is 0 Å². The van der Waals surface area contributed by atoms with E-state index in [0.717, 1.165) is 30.8 Å². The average Bonchev–Trinajstić information content (AvgIpc) is 3.03. The third-order valence-corrected chi connectivity index (χ3v) is 7.49. The number of fused-ring (bicyclic) bond motifs is 3. The molecule has 4 bridgehead atoms. The summed E-state index contributed by atoms with van der Waals surface area (Å²) >= 11 is 0. The normalized spacial score (nSPS) is 41.2. The van der Waals surface area contributed by atoms with Crippen LogP contribution in [0.1, 0.15) is 25.3 Å². The molecule has 5 heteroatoms. The molecule has 3 saturated heterocycles. The van der Waals surface area contributed by atoms with Gasteiger partial charge in [-0.05, 0) is 25.0 Å². The Morgan fingerprint density at radius 2 is 2.12 bits per heavy atom. The number of carbonyl (C=O) groups is 2. The first-order valence-electron chi connectivity index (χ1n) is 9.38. The first-order valence-corrected chi connectivity index (χ1v) is 9.38. The summed E-state index contributed by atoms with van der Waals surface area (Å²) in [6, 6.07) is 8.23. The number of likely N-dealkylation sites (N-methyl/N-ethyl adjacent to an activating group) is 1. The van der Waals surface area contributed by atoms with Crippen molar-refractivity contribution in [2.45, 2.75) is 30.8 Å². The summed E-state index contributed by atoms with van der Waals surface area (Å²) < 4.78 is 5.31. The molecule has 5 atom stereocenters. The molecule has 0 N–H and O–H groups in total. The summed E-state index contributed by atoms with van der Waals surface area (Å²) in [5.41, 5.74) is 2.11. The zero-order valence-electron chi connectivity index (χ0n) is 15.5. The standard InChI is InChI=1S/C21H24N2O3/c1-4-13-12-23-10-9-20-15-7-5-6-8-16(15)22(2)21(20,23)17(24)11-14(13)18(20)19(25)26-3/h4-8,14,18H,9-12H2,1-3H3/t14-,18+,20-,21-/m1/s1. The third-order valence-electron chi connectivity index (χ3n) is 7.49. The number of Topliss-reactive ketones (excluding diaryl/α,β-unsaturated/α-hetero) is 1. The number of benzene rings is 1. The van der Waals surface area contributed by atoms with Crippen LogP contribution in [0.5, 0.6) is 0 Å². The molecule has 0 amide bonds. The lowest BCUT2D eigenvalue weighted by Crippen LogP contribution is -2.71. The van der Waals surface area contributed by atoms with Crippen LogP contribution in [0.25, 0.3) is 0 Å². The number of esters is 1. The van der Waals surface area contributed by atoms with E-state index in [4.69, 9.17) is 4.74 Å². The van der Waals surface area contributed by atoms with Crippen molar-refractivity contribution < 1.29 is 14.3 Å². The minimum absolute atomic E-state index is 0.0714. The molecule has 1 spiro atoms. The van der Waals surface area contributed by atoms with Crippen LogP contribution in [0, 0.1) is 11.8 Å². The Morgan fingerprint density at radius 3 is 2.85 bits per heavy atom. The lowest BCUT2D eigenvalue weighted by Gasteiger charge is -2.52. The minimum Gasteiger partial charge on any atom is -0.469 e. The highest BCUT2D eigenvalue weighted by Crippen LogP contribution is 2.68. The van der Waals surface area contributed by atoms with Crippen LogP contribution in [0.3, 0.4) is 0 Å².